The van der Waals surface area contributed by atoms with Crippen LogP contribution in [0.4, 0.5) is 0 Å². The second-order valence-corrected chi connectivity index (χ2v) is 5.06. The summed E-state index contributed by atoms with van der Waals surface area (Å²) in [5.41, 5.74) is 0.693. The molecule has 0 aromatic carbocycles. The van der Waals surface area contributed by atoms with Crippen LogP contribution in [0.15, 0.2) is 5.38 Å². The number of carboxylic acid groups (broad SMARTS) is 1. The zero-order valence-electron chi connectivity index (χ0n) is 9.77. The number of aromatic nitrogens is 1. The van der Waals surface area contributed by atoms with Gasteiger partial charge in [0.05, 0.1) is 18.4 Å². The summed E-state index contributed by atoms with van der Waals surface area (Å²) in [7, 11) is 0. The Labute approximate surface area is 99.3 Å². The molecule has 0 amide bonds. The summed E-state index contributed by atoms with van der Waals surface area (Å²) in [6.45, 7) is 6.69. The first-order chi connectivity index (χ1) is 7.49. The molecule has 0 aliphatic carbocycles. The van der Waals surface area contributed by atoms with Gasteiger partial charge in [-0.15, -0.1) is 11.3 Å². The lowest BCUT2D eigenvalue weighted by molar-refractivity contribution is 0.0380. The van der Waals surface area contributed by atoms with Gasteiger partial charge in [-0.2, -0.15) is 0 Å². The molecule has 0 bridgehead atoms. The maximum Gasteiger partial charge on any atom is 0.365 e. The number of thiazole rings is 1. The van der Waals surface area contributed by atoms with Gasteiger partial charge in [-0.1, -0.05) is 13.8 Å². The van der Waals surface area contributed by atoms with Crippen molar-refractivity contribution in [2.24, 2.45) is 5.92 Å². The van der Waals surface area contributed by atoms with Gasteiger partial charge in [-0.3, -0.25) is 0 Å². The van der Waals surface area contributed by atoms with Gasteiger partial charge < -0.3 is 9.84 Å². The fraction of sp³-hybridized carbons (Fsp3) is 0.636. The lowest BCUT2D eigenvalue weighted by atomic mass is 10.1. The first-order valence-electron chi connectivity index (χ1n) is 5.28. The van der Waals surface area contributed by atoms with Crippen molar-refractivity contribution < 1.29 is 14.6 Å². The molecule has 0 aliphatic heterocycles. The molecule has 0 saturated carbocycles. The van der Waals surface area contributed by atoms with Gasteiger partial charge in [0.15, 0.2) is 0 Å². The van der Waals surface area contributed by atoms with Crippen molar-refractivity contribution in [1.82, 2.24) is 4.98 Å². The number of nitrogens with zero attached hydrogens (tertiary/aromatic N) is 1. The SMILES string of the molecule is CC(C)CC(C)OCc1csc(C(=O)O)n1. The van der Waals surface area contributed by atoms with E-state index in [1.54, 1.807) is 5.38 Å². The molecule has 1 N–H and O–H groups in total. The highest BCUT2D eigenvalue weighted by Crippen LogP contribution is 2.13. The van der Waals surface area contributed by atoms with E-state index in [0.29, 0.717) is 18.2 Å². The molecule has 0 saturated heterocycles. The van der Waals surface area contributed by atoms with Crippen molar-refractivity contribution in [2.75, 3.05) is 0 Å². The summed E-state index contributed by atoms with van der Waals surface area (Å²) in [6, 6.07) is 0. The van der Waals surface area contributed by atoms with E-state index < -0.39 is 5.97 Å². The van der Waals surface area contributed by atoms with E-state index in [2.05, 4.69) is 18.8 Å². The van der Waals surface area contributed by atoms with Crippen LogP contribution in [0.25, 0.3) is 0 Å². The molecule has 0 radical (unpaired) electrons. The molecular formula is C11H17NO3S. The lowest BCUT2D eigenvalue weighted by Gasteiger charge is -2.13. The molecule has 1 unspecified atom stereocenters. The average Bonchev–Trinajstić information content (AvgIpc) is 2.61. The Bertz CT molecular complexity index is 349. The fourth-order valence-corrected chi connectivity index (χ4v) is 2.07. The molecule has 1 atom stereocenters. The number of rotatable bonds is 6. The molecule has 16 heavy (non-hydrogen) atoms. The van der Waals surface area contributed by atoms with Crippen LogP contribution < -0.4 is 0 Å². The van der Waals surface area contributed by atoms with E-state index in [9.17, 15) is 4.79 Å². The van der Waals surface area contributed by atoms with E-state index in [1.165, 1.54) is 0 Å². The number of hydrogen-bond donors (Lipinski definition) is 1. The van der Waals surface area contributed by atoms with E-state index in [4.69, 9.17) is 9.84 Å². The number of carboxylic acids is 1. The van der Waals surface area contributed by atoms with Gasteiger partial charge >= 0.3 is 5.97 Å². The Morgan fingerprint density at radius 3 is 2.75 bits per heavy atom. The number of carbonyl (C=O) groups is 1. The third kappa shape index (κ3) is 4.28. The molecule has 1 aromatic rings. The van der Waals surface area contributed by atoms with Gasteiger partial charge in [0.1, 0.15) is 0 Å². The Hall–Kier alpha value is -0.940. The van der Waals surface area contributed by atoms with Crippen molar-refractivity contribution >= 4 is 17.3 Å². The molecule has 1 heterocycles. The van der Waals surface area contributed by atoms with Crippen LogP contribution in [0.1, 0.15) is 42.7 Å². The monoisotopic (exact) mass is 243 g/mol. The second-order valence-electron chi connectivity index (χ2n) is 4.20. The van der Waals surface area contributed by atoms with Crippen LogP contribution >= 0.6 is 11.3 Å². The Kier molecular flexibility index (Phi) is 4.89. The highest BCUT2D eigenvalue weighted by Gasteiger charge is 2.10. The molecule has 1 aromatic heterocycles. The third-order valence-electron chi connectivity index (χ3n) is 2.05. The minimum Gasteiger partial charge on any atom is -0.476 e. The minimum atomic E-state index is -0.980. The van der Waals surface area contributed by atoms with Crippen LogP contribution in [0.5, 0.6) is 0 Å². The van der Waals surface area contributed by atoms with E-state index in [0.717, 1.165) is 17.8 Å². The molecule has 5 heteroatoms. The van der Waals surface area contributed by atoms with E-state index in [1.807, 2.05) is 6.92 Å². The zero-order chi connectivity index (χ0) is 12.1. The van der Waals surface area contributed by atoms with E-state index in [-0.39, 0.29) is 11.1 Å². The number of ether oxygens (including phenoxy) is 1. The van der Waals surface area contributed by atoms with Crippen LogP contribution in [0.2, 0.25) is 0 Å². The first-order valence-corrected chi connectivity index (χ1v) is 6.16. The number of hydrogen-bond acceptors (Lipinski definition) is 4. The summed E-state index contributed by atoms with van der Waals surface area (Å²) in [6.07, 6.45) is 1.17. The third-order valence-corrected chi connectivity index (χ3v) is 2.93. The molecular weight excluding hydrogens is 226 g/mol. The largest absolute Gasteiger partial charge is 0.476 e. The normalized spacial score (nSPS) is 13.0. The molecule has 0 spiro atoms. The summed E-state index contributed by atoms with van der Waals surface area (Å²) in [4.78, 5) is 14.6. The number of aromatic carboxylic acids is 1. The molecule has 0 fully saturated rings. The fourth-order valence-electron chi connectivity index (χ4n) is 1.43. The summed E-state index contributed by atoms with van der Waals surface area (Å²) in [5, 5.41) is 10.5. The van der Waals surface area contributed by atoms with Crippen molar-refractivity contribution in [3.63, 3.8) is 0 Å². The molecule has 4 nitrogen and oxygen atoms in total. The Balaban J connectivity index is 2.39. The van der Waals surface area contributed by atoms with Gasteiger partial charge in [0, 0.05) is 5.38 Å². The predicted molar refractivity (Wildman–Crippen MR) is 62.8 cm³/mol. The first kappa shape index (κ1) is 13.1. The van der Waals surface area contributed by atoms with Gasteiger partial charge in [-0.25, -0.2) is 9.78 Å². The quantitative estimate of drug-likeness (QED) is 0.834. The molecule has 90 valence electrons. The average molecular weight is 243 g/mol. The maximum absolute atomic E-state index is 10.6. The van der Waals surface area contributed by atoms with Gasteiger partial charge in [0.25, 0.3) is 0 Å². The second kappa shape index (κ2) is 5.96. The predicted octanol–water partition coefficient (Wildman–Crippen LogP) is 2.79. The zero-order valence-corrected chi connectivity index (χ0v) is 10.6. The molecule has 0 aliphatic rings. The Morgan fingerprint density at radius 1 is 1.56 bits per heavy atom. The summed E-state index contributed by atoms with van der Waals surface area (Å²) in [5.74, 6) is -0.383. The van der Waals surface area contributed by atoms with Crippen molar-refractivity contribution in [2.45, 2.75) is 39.9 Å². The maximum atomic E-state index is 10.6. The molecule has 1 rings (SSSR count). The Morgan fingerprint density at radius 2 is 2.25 bits per heavy atom. The highest BCUT2D eigenvalue weighted by molar-refractivity contribution is 7.11. The van der Waals surface area contributed by atoms with Crippen molar-refractivity contribution in [3.8, 4) is 0 Å². The highest BCUT2D eigenvalue weighted by atomic mass is 32.1. The summed E-state index contributed by atoms with van der Waals surface area (Å²) >= 11 is 1.13. The van der Waals surface area contributed by atoms with Crippen LogP contribution in [-0.2, 0) is 11.3 Å². The van der Waals surface area contributed by atoms with Gasteiger partial charge in [-0.05, 0) is 19.3 Å². The smallest absolute Gasteiger partial charge is 0.365 e. The van der Waals surface area contributed by atoms with Gasteiger partial charge in [0.2, 0.25) is 5.01 Å². The van der Waals surface area contributed by atoms with Crippen molar-refractivity contribution in [1.29, 1.82) is 0 Å². The topological polar surface area (TPSA) is 59.4 Å². The summed E-state index contributed by atoms with van der Waals surface area (Å²) < 4.78 is 5.58. The van der Waals surface area contributed by atoms with Crippen LogP contribution in [0, 0.1) is 5.92 Å². The lowest BCUT2D eigenvalue weighted by Crippen LogP contribution is -2.11. The standard InChI is InChI=1S/C11H17NO3S/c1-7(2)4-8(3)15-5-9-6-16-10(12-9)11(13)14/h6-8H,4-5H2,1-3H3,(H,13,14). The van der Waals surface area contributed by atoms with Crippen LogP contribution in [0.3, 0.4) is 0 Å². The minimum absolute atomic E-state index is 0.120. The van der Waals surface area contributed by atoms with Crippen LogP contribution in [-0.4, -0.2) is 22.2 Å². The van der Waals surface area contributed by atoms with Crippen molar-refractivity contribution in [3.05, 3.63) is 16.1 Å². The van der Waals surface area contributed by atoms with E-state index >= 15 is 0 Å².